The van der Waals surface area contributed by atoms with Gasteiger partial charge in [-0.3, -0.25) is 5.84 Å². The van der Waals surface area contributed by atoms with Crippen molar-refractivity contribution in [3.8, 4) is 0 Å². The van der Waals surface area contributed by atoms with E-state index >= 15 is 0 Å². The van der Waals surface area contributed by atoms with E-state index in [0.717, 1.165) is 12.1 Å². The number of hydrazine groups is 1. The maximum absolute atomic E-state index is 5.39. The molecule has 0 spiro atoms. The summed E-state index contributed by atoms with van der Waals surface area (Å²) in [7, 11) is 0. The minimum atomic E-state index is 0.567. The van der Waals surface area contributed by atoms with Crippen LogP contribution in [0, 0.1) is 0 Å². The second-order valence-corrected chi connectivity index (χ2v) is 3.04. The molecule has 0 radical (unpaired) electrons. The van der Waals surface area contributed by atoms with Gasteiger partial charge in [-0.2, -0.15) is 0 Å². The average Bonchev–Trinajstić information content (AvgIpc) is 2.16. The molecule has 0 amide bonds. The Morgan fingerprint density at radius 3 is 2.67 bits per heavy atom. The molecule has 3 N–H and O–H groups in total. The van der Waals surface area contributed by atoms with Gasteiger partial charge < -0.3 is 5.43 Å². The molecule has 2 nitrogen and oxygen atoms in total. The Morgan fingerprint density at radius 1 is 1.42 bits per heavy atom. The van der Waals surface area contributed by atoms with Crippen molar-refractivity contribution in [1.82, 2.24) is 0 Å². The summed E-state index contributed by atoms with van der Waals surface area (Å²) in [6.07, 6.45) is 1.14. The van der Waals surface area contributed by atoms with Gasteiger partial charge in [-0.05, 0) is 24.0 Å². The Hall–Kier alpha value is -1.02. The van der Waals surface area contributed by atoms with E-state index in [4.69, 9.17) is 5.84 Å². The van der Waals surface area contributed by atoms with Crippen LogP contribution in [0.15, 0.2) is 24.3 Å². The van der Waals surface area contributed by atoms with Crippen LogP contribution in [0.4, 0.5) is 5.69 Å². The Bertz CT molecular complexity index is 245. The summed E-state index contributed by atoms with van der Waals surface area (Å²) in [5.74, 6) is 5.96. The normalized spacial score (nSPS) is 12.6. The molecule has 0 heterocycles. The van der Waals surface area contributed by atoms with Crippen molar-refractivity contribution < 1.29 is 0 Å². The van der Waals surface area contributed by atoms with Crippen LogP contribution in [0.3, 0.4) is 0 Å². The highest BCUT2D eigenvalue weighted by molar-refractivity contribution is 5.51. The third kappa shape index (κ3) is 1.77. The number of rotatable bonds is 3. The largest absolute Gasteiger partial charge is 0.324 e. The van der Waals surface area contributed by atoms with Crippen LogP contribution in [0.2, 0.25) is 0 Å². The smallest absolute Gasteiger partial charge is 0.0519 e. The second-order valence-electron chi connectivity index (χ2n) is 3.04. The van der Waals surface area contributed by atoms with Crippen LogP contribution in [0.25, 0.3) is 0 Å². The predicted octanol–water partition coefficient (Wildman–Crippen LogP) is 2.49. The highest BCUT2D eigenvalue weighted by atomic mass is 15.2. The van der Waals surface area contributed by atoms with Crippen molar-refractivity contribution >= 4 is 5.69 Å². The Kier molecular flexibility index (Phi) is 3.11. The quantitative estimate of drug-likeness (QED) is 0.532. The monoisotopic (exact) mass is 164 g/mol. The van der Waals surface area contributed by atoms with Gasteiger partial charge in [0.15, 0.2) is 0 Å². The maximum atomic E-state index is 5.39. The van der Waals surface area contributed by atoms with Crippen molar-refractivity contribution in [2.75, 3.05) is 5.43 Å². The first kappa shape index (κ1) is 9.07. The summed E-state index contributed by atoms with van der Waals surface area (Å²) in [4.78, 5) is 0. The summed E-state index contributed by atoms with van der Waals surface area (Å²) in [5.41, 5.74) is 5.04. The fourth-order valence-corrected chi connectivity index (χ4v) is 1.28. The summed E-state index contributed by atoms with van der Waals surface area (Å²) in [5, 5.41) is 0. The van der Waals surface area contributed by atoms with E-state index in [-0.39, 0.29) is 0 Å². The molecule has 1 atom stereocenters. The van der Waals surface area contributed by atoms with E-state index in [1.165, 1.54) is 5.56 Å². The van der Waals surface area contributed by atoms with Gasteiger partial charge in [0.25, 0.3) is 0 Å². The van der Waals surface area contributed by atoms with E-state index in [9.17, 15) is 0 Å². The van der Waals surface area contributed by atoms with Gasteiger partial charge in [0, 0.05) is 0 Å². The lowest BCUT2D eigenvalue weighted by Crippen LogP contribution is -2.10. The molecule has 0 aromatic heterocycles. The Labute approximate surface area is 73.8 Å². The summed E-state index contributed by atoms with van der Waals surface area (Å²) in [6.45, 7) is 4.38. The molecule has 0 saturated heterocycles. The number of hydrogen-bond donors (Lipinski definition) is 2. The molecule has 1 rings (SSSR count). The number of benzene rings is 1. The molecule has 0 bridgehead atoms. The standard InChI is InChI=1S/C10H16N2/c1-3-8(2)9-6-4-5-7-10(9)12-11/h4-8,12H,3,11H2,1-2H3. The molecular formula is C10H16N2. The van der Waals surface area contributed by atoms with Gasteiger partial charge in [-0.1, -0.05) is 32.0 Å². The summed E-state index contributed by atoms with van der Waals surface area (Å²) < 4.78 is 0. The van der Waals surface area contributed by atoms with Gasteiger partial charge in [-0.25, -0.2) is 0 Å². The van der Waals surface area contributed by atoms with Gasteiger partial charge in [0.2, 0.25) is 0 Å². The van der Waals surface area contributed by atoms with Crippen LogP contribution >= 0.6 is 0 Å². The zero-order chi connectivity index (χ0) is 8.97. The third-order valence-electron chi connectivity index (χ3n) is 2.26. The molecule has 0 aliphatic rings. The lowest BCUT2D eigenvalue weighted by atomic mass is 9.97. The molecular weight excluding hydrogens is 148 g/mol. The van der Waals surface area contributed by atoms with Gasteiger partial charge >= 0.3 is 0 Å². The minimum Gasteiger partial charge on any atom is -0.324 e. The van der Waals surface area contributed by atoms with Gasteiger partial charge in [0.05, 0.1) is 5.69 Å². The number of nitrogen functional groups attached to an aromatic ring is 1. The van der Waals surface area contributed by atoms with Crippen LogP contribution < -0.4 is 11.3 Å². The topological polar surface area (TPSA) is 38.0 Å². The molecule has 12 heavy (non-hydrogen) atoms. The lowest BCUT2D eigenvalue weighted by Gasteiger charge is -2.13. The molecule has 2 heteroatoms. The number of nitrogens with two attached hydrogens (primary N) is 1. The van der Waals surface area contributed by atoms with Crippen LogP contribution in [-0.2, 0) is 0 Å². The molecule has 1 aromatic carbocycles. The molecule has 0 aliphatic heterocycles. The van der Waals surface area contributed by atoms with E-state index in [1.54, 1.807) is 0 Å². The zero-order valence-electron chi connectivity index (χ0n) is 7.67. The van der Waals surface area contributed by atoms with E-state index in [2.05, 4.69) is 25.3 Å². The van der Waals surface area contributed by atoms with Crippen LogP contribution in [-0.4, -0.2) is 0 Å². The number of anilines is 1. The Balaban J connectivity index is 2.96. The fraction of sp³-hybridized carbons (Fsp3) is 0.400. The number of hydrogen-bond acceptors (Lipinski definition) is 2. The molecule has 0 fully saturated rings. The predicted molar refractivity (Wildman–Crippen MR) is 53.0 cm³/mol. The van der Waals surface area contributed by atoms with Crippen molar-refractivity contribution in [2.45, 2.75) is 26.2 Å². The second kappa shape index (κ2) is 4.12. The van der Waals surface area contributed by atoms with Crippen molar-refractivity contribution in [3.05, 3.63) is 29.8 Å². The first-order valence-electron chi connectivity index (χ1n) is 4.35. The molecule has 0 saturated carbocycles. The summed E-state index contributed by atoms with van der Waals surface area (Å²) in [6, 6.07) is 8.15. The van der Waals surface area contributed by atoms with Crippen LogP contribution in [0.5, 0.6) is 0 Å². The van der Waals surface area contributed by atoms with Crippen molar-refractivity contribution in [1.29, 1.82) is 0 Å². The number of nitrogens with one attached hydrogen (secondary N) is 1. The zero-order valence-corrected chi connectivity index (χ0v) is 7.67. The molecule has 0 aliphatic carbocycles. The molecule has 1 aromatic rings. The highest BCUT2D eigenvalue weighted by Crippen LogP contribution is 2.25. The Morgan fingerprint density at radius 2 is 2.08 bits per heavy atom. The van der Waals surface area contributed by atoms with Gasteiger partial charge in [-0.15, -0.1) is 0 Å². The molecule has 1 unspecified atom stereocenters. The minimum absolute atomic E-state index is 0.567. The lowest BCUT2D eigenvalue weighted by molar-refractivity contribution is 0.734. The third-order valence-corrected chi connectivity index (χ3v) is 2.26. The van der Waals surface area contributed by atoms with Gasteiger partial charge in [0.1, 0.15) is 0 Å². The van der Waals surface area contributed by atoms with Crippen molar-refractivity contribution in [2.24, 2.45) is 5.84 Å². The maximum Gasteiger partial charge on any atom is 0.0519 e. The summed E-state index contributed by atoms with van der Waals surface area (Å²) >= 11 is 0. The SMILES string of the molecule is CCC(C)c1ccccc1NN. The van der Waals surface area contributed by atoms with E-state index in [1.807, 2.05) is 18.2 Å². The molecule has 66 valence electrons. The first-order chi connectivity index (χ1) is 5.79. The van der Waals surface area contributed by atoms with E-state index in [0.29, 0.717) is 5.92 Å². The fourth-order valence-electron chi connectivity index (χ4n) is 1.28. The number of para-hydroxylation sites is 1. The van der Waals surface area contributed by atoms with Crippen molar-refractivity contribution in [3.63, 3.8) is 0 Å². The van der Waals surface area contributed by atoms with Crippen LogP contribution in [0.1, 0.15) is 31.7 Å². The van der Waals surface area contributed by atoms with E-state index < -0.39 is 0 Å². The highest BCUT2D eigenvalue weighted by Gasteiger charge is 2.06. The first-order valence-corrected chi connectivity index (χ1v) is 4.35. The average molecular weight is 164 g/mol.